The molecular formula is C18H16BrFN4O5. The Bertz CT molecular complexity index is 996. The van der Waals surface area contributed by atoms with Crippen LogP contribution in [0.15, 0.2) is 45.5 Å². The Morgan fingerprint density at radius 2 is 2.10 bits per heavy atom. The highest BCUT2D eigenvalue weighted by Crippen LogP contribution is 2.26. The maximum atomic E-state index is 13.8. The van der Waals surface area contributed by atoms with Crippen molar-refractivity contribution in [2.24, 2.45) is 5.73 Å². The first-order chi connectivity index (χ1) is 13.8. The van der Waals surface area contributed by atoms with Crippen molar-refractivity contribution in [3.05, 3.63) is 52.7 Å². The lowest BCUT2D eigenvalue weighted by Crippen LogP contribution is -2.33. The number of hydrogen-bond donors (Lipinski definition) is 2. The number of aromatic nitrogens is 3. The molecule has 0 bridgehead atoms. The van der Waals surface area contributed by atoms with E-state index >= 15 is 0 Å². The zero-order chi connectivity index (χ0) is 21.0. The minimum atomic E-state index is -1.01. The van der Waals surface area contributed by atoms with Crippen molar-refractivity contribution >= 4 is 22.0 Å². The second-order valence-corrected chi connectivity index (χ2v) is 6.91. The van der Waals surface area contributed by atoms with Crippen LogP contribution in [0.5, 0.6) is 11.6 Å². The molecule has 9 nitrogen and oxygen atoms in total. The van der Waals surface area contributed by atoms with Gasteiger partial charge in [-0.25, -0.2) is 14.2 Å². The van der Waals surface area contributed by atoms with Crippen molar-refractivity contribution in [3.8, 4) is 23.0 Å². The Hall–Kier alpha value is -3.05. The van der Waals surface area contributed by atoms with Gasteiger partial charge in [-0.05, 0) is 53.2 Å². The van der Waals surface area contributed by atoms with Gasteiger partial charge in [-0.15, -0.1) is 0 Å². The van der Waals surface area contributed by atoms with Gasteiger partial charge in [-0.2, -0.15) is 4.98 Å². The zero-order valence-electron chi connectivity index (χ0n) is 15.1. The predicted octanol–water partition coefficient (Wildman–Crippen LogP) is 3.21. The molecule has 0 aliphatic heterocycles. The summed E-state index contributed by atoms with van der Waals surface area (Å²) in [7, 11) is 0. The van der Waals surface area contributed by atoms with Crippen LogP contribution in [0.1, 0.15) is 12.8 Å². The van der Waals surface area contributed by atoms with Crippen LogP contribution in [-0.4, -0.2) is 38.5 Å². The number of nitrogens with two attached hydrogens (primary N) is 1. The highest BCUT2D eigenvalue weighted by Gasteiger charge is 2.23. The molecule has 29 heavy (non-hydrogen) atoms. The number of aliphatic hydroxyl groups excluding tert-OH is 1. The monoisotopic (exact) mass is 466 g/mol. The second kappa shape index (κ2) is 8.97. The molecule has 2 unspecified atom stereocenters. The molecule has 11 heteroatoms. The van der Waals surface area contributed by atoms with Crippen LogP contribution >= 0.6 is 15.9 Å². The fourth-order valence-electron chi connectivity index (χ4n) is 2.35. The maximum absolute atomic E-state index is 13.8. The largest absolute Gasteiger partial charge is 0.443 e. The van der Waals surface area contributed by atoms with Crippen molar-refractivity contribution in [1.29, 1.82) is 0 Å². The standard InChI is InChI=1S/C18H16BrFN4O5/c1-9(25)14(28-18(21)26)7-15-23-16(24-29-15)10-2-4-12(5-3-10)27-17-13(20)6-11(19)8-22-17/h2-6,8-9,14,25H,7H2,1H3,(H2,21,26). The Morgan fingerprint density at radius 3 is 2.72 bits per heavy atom. The summed E-state index contributed by atoms with van der Waals surface area (Å²) in [5, 5.41) is 13.5. The average Bonchev–Trinajstić information content (AvgIpc) is 3.12. The molecule has 0 saturated heterocycles. The molecule has 3 rings (SSSR count). The van der Waals surface area contributed by atoms with Crippen LogP contribution in [0.2, 0.25) is 0 Å². The van der Waals surface area contributed by atoms with Gasteiger partial charge in [0.1, 0.15) is 11.9 Å². The van der Waals surface area contributed by atoms with Crippen LogP contribution in [-0.2, 0) is 11.2 Å². The van der Waals surface area contributed by atoms with Crippen LogP contribution in [0.3, 0.4) is 0 Å². The maximum Gasteiger partial charge on any atom is 0.404 e. The van der Waals surface area contributed by atoms with E-state index < -0.39 is 24.1 Å². The summed E-state index contributed by atoms with van der Waals surface area (Å²) < 4.78 is 29.7. The van der Waals surface area contributed by atoms with Gasteiger partial charge in [0, 0.05) is 16.2 Å². The lowest BCUT2D eigenvalue weighted by atomic mass is 10.1. The number of primary amides is 1. The van der Waals surface area contributed by atoms with Gasteiger partial charge in [-0.1, -0.05) is 5.16 Å². The molecule has 1 amide bonds. The number of pyridine rings is 1. The molecule has 3 N–H and O–H groups in total. The molecule has 0 spiro atoms. The van der Waals surface area contributed by atoms with Crippen molar-refractivity contribution in [2.75, 3.05) is 0 Å². The first-order valence-electron chi connectivity index (χ1n) is 8.38. The summed E-state index contributed by atoms with van der Waals surface area (Å²) in [5.41, 5.74) is 5.60. The smallest absolute Gasteiger partial charge is 0.404 e. The third-order valence-corrected chi connectivity index (χ3v) is 4.18. The molecule has 152 valence electrons. The predicted molar refractivity (Wildman–Crippen MR) is 102 cm³/mol. The highest BCUT2D eigenvalue weighted by molar-refractivity contribution is 9.10. The molecule has 1 aromatic carbocycles. The molecule has 2 atom stereocenters. The van der Waals surface area contributed by atoms with Gasteiger partial charge in [0.05, 0.1) is 12.5 Å². The first kappa shape index (κ1) is 20.7. The number of ether oxygens (including phenoxy) is 2. The quantitative estimate of drug-likeness (QED) is 0.541. The zero-order valence-corrected chi connectivity index (χ0v) is 16.7. The van der Waals surface area contributed by atoms with E-state index in [4.69, 9.17) is 19.7 Å². The Labute approximate surface area is 172 Å². The number of benzene rings is 1. The van der Waals surface area contributed by atoms with Crippen LogP contribution < -0.4 is 10.5 Å². The fraction of sp³-hybridized carbons (Fsp3) is 0.222. The van der Waals surface area contributed by atoms with Crippen LogP contribution in [0.4, 0.5) is 9.18 Å². The number of aliphatic hydroxyl groups is 1. The Balaban J connectivity index is 1.69. The second-order valence-electron chi connectivity index (χ2n) is 6.00. The van der Waals surface area contributed by atoms with Gasteiger partial charge in [0.25, 0.3) is 5.88 Å². The van der Waals surface area contributed by atoms with Gasteiger partial charge in [0.15, 0.2) is 5.82 Å². The van der Waals surface area contributed by atoms with E-state index in [1.165, 1.54) is 19.2 Å². The van der Waals surface area contributed by atoms with E-state index in [0.29, 0.717) is 15.8 Å². The van der Waals surface area contributed by atoms with E-state index in [1.807, 2.05) is 0 Å². The number of carbonyl (C=O) groups excluding carboxylic acids is 1. The number of hydrogen-bond acceptors (Lipinski definition) is 8. The third-order valence-electron chi connectivity index (χ3n) is 3.75. The normalized spacial score (nSPS) is 13.0. The summed E-state index contributed by atoms with van der Waals surface area (Å²) in [6.07, 6.45) is -1.46. The third kappa shape index (κ3) is 5.48. The highest BCUT2D eigenvalue weighted by atomic mass is 79.9. The molecule has 0 radical (unpaired) electrons. The van der Waals surface area contributed by atoms with Gasteiger partial charge >= 0.3 is 6.09 Å². The van der Waals surface area contributed by atoms with E-state index in [2.05, 4.69) is 31.1 Å². The molecule has 0 aliphatic rings. The van der Waals surface area contributed by atoms with Crippen LogP contribution in [0.25, 0.3) is 11.4 Å². The molecule has 3 aromatic rings. The van der Waals surface area contributed by atoms with Crippen LogP contribution in [0, 0.1) is 5.82 Å². The minimum absolute atomic E-state index is 0.00329. The lowest BCUT2D eigenvalue weighted by Gasteiger charge is -2.17. The fourth-order valence-corrected chi connectivity index (χ4v) is 2.65. The molecular weight excluding hydrogens is 451 g/mol. The average molecular weight is 467 g/mol. The number of rotatable bonds is 7. The van der Waals surface area contributed by atoms with E-state index in [0.717, 1.165) is 0 Å². The van der Waals surface area contributed by atoms with Gasteiger partial charge in [-0.3, -0.25) is 0 Å². The lowest BCUT2D eigenvalue weighted by molar-refractivity contribution is 0.0125. The van der Waals surface area contributed by atoms with Crippen molar-refractivity contribution in [3.63, 3.8) is 0 Å². The number of halogens is 2. The van der Waals surface area contributed by atoms with E-state index in [9.17, 15) is 14.3 Å². The molecule has 0 saturated carbocycles. The molecule has 0 fully saturated rings. The number of amides is 1. The van der Waals surface area contributed by atoms with Gasteiger partial charge < -0.3 is 24.8 Å². The summed E-state index contributed by atoms with van der Waals surface area (Å²) in [5.74, 6) is 0.0604. The Morgan fingerprint density at radius 1 is 1.38 bits per heavy atom. The van der Waals surface area contributed by atoms with Gasteiger partial charge in [0.2, 0.25) is 11.7 Å². The van der Waals surface area contributed by atoms with Crippen molar-refractivity contribution in [1.82, 2.24) is 15.1 Å². The van der Waals surface area contributed by atoms with E-state index in [1.54, 1.807) is 24.3 Å². The molecule has 2 aromatic heterocycles. The number of nitrogens with zero attached hydrogens (tertiary/aromatic N) is 3. The summed E-state index contributed by atoms with van der Waals surface area (Å²) in [6.45, 7) is 1.45. The summed E-state index contributed by atoms with van der Waals surface area (Å²) in [6, 6.07) is 7.77. The van der Waals surface area contributed by atoms with Crippen molar-refractivity contribution < 1.29 is 28.3 Å². The summed E-state index contributed by atoms with van der Waals surface area (Å²) in [4.78, 5) is 19.0. The topological polar surface area (TPSA) is 134 Å². The summed E-state index contributed by atoms with van der Waals surface area (Å²) >= 11 is 3.13. The van der Waals surface area contributed by atoms with Crippen molar-refractivity contribution in [2.45, 2.75) is 25.6 Å². The Kier molecular flexibility index (Phi) is 6.39. The van der Waals surface area contributed by atoms with E-state index in [-0.39, 0.29) is 24.0 Å². The molecule has 2 heterocycles. The number of carbonyl (C=O) groups is 1. The minimum Gasteiger partial charge on any atom is -0.443 e. The first-order valence-corrected chi connectivity index (χ1v) is 9.17. The SMILES string of the molecule is CC(O)C(Cc1nc(-c2ccc(Oc3ncc(Br)cc3F)cc2)no1)OC(N)=O. The molecule has 0 aliphatic carbocycles.